The predicted octanol–water partition coefficient (Wildman–Crippen LogP) is 5.90. The molecule has 328 valence electrons. The first-order valence-corrected chi connectivity index (χ1v) is 22.4. The van der Waals surface area contributed by atoms with Crippen molar-refractivity contribution in [2.75, 3.05) is 66.2 Å². The van der Waals surface area contributed by atoms with Crippen LogP contribution in [-0.4, -0.2) is 107 Å². The van der Waals surface area contributed by atoms with Gasteiger partial charge >= 0.3 is 0 Å². The van der Waals surface area contributed by atoms with Gasteiger partial charge in [-0.25, -0.2) is 9.97 Å². The highest BCUT2D eigenvalue weighted by atomic mass is 16.2. The number of aromatic nitrogens is 3. The second-order valence-corrected chi connectivity index (χ2v) is 17.9. The molecule has 4 amide bonds. The third-order valence-electron chi connectivity index (χ3n) is 13.9. The molecule has 1 spiro atoms. The number of benzene rings is 2. The summed E-state index contributed by atoms with van der Waals surface area (Å²) in [6, 6.07) is 19.0. The fraction of sp³-hybridized carbons (Fsp3) is 0.438. The summed E-state index contributed by atoms with van der Waals surface area (Å²) < 4.78 is 0. The number of hydrogen-bond acceptors (Lipinski definition) is 12. The molecule has 2 aromatic carbocycles. The average Bonchev–Trinajstić information content (AvgIpc) is 3.84. The van der Waals surface area contributed by atoms with Crippen LogP contribution in [0.3, 0.4) is 0 Å². The number of fused-ring (bicyclic) bond motifs is 2. The van der Waals surface area contributed by atoms with Crippen LogP contribution >= 0.6 is 0 Å². The molecule has 5 aliphatic rings. The van der Waals surface area contributed by atoms with Crippen LogP contribution in [0.4, 0.5) is 34.6 Å². The van der Waals surface area contributed by atoms with Crippen LogP contribution in [0.25, 0.3) is 0 Å². The van der Waals surface area contributed by atoms with E-state index in [0.717, 1.165) is 86.7 Å². The van der Waals surface area contributed by atoms with Crippen molar-refractivity contribution < 1.29 is 19.2 Å². The molecule has 3 fully saturated rings. The van der Waals surface area contributed by atoms with Gasteiger partial charge in [-0.3, -0.25) is 29.4 Å². The van der Waals surface area contributed by atoms with Crippen molar-refractivity contribution in [1.82, 2.24) is 35.4 Å². The maximum atomic E-state index is 13.4. The van der Waals surface area contributed by atoms with Crippen LogP contribution in [0.5, 0.6) is 0 Å². The number of pyridine rings is 1. The van der Waals surface area contributed by atoms with E-state index in [1.807, 2.05) is 42.2 Å². The van der Waals surface area contributed by atoms with Gasteiger partial charge in [-0.05, 0) is 93.5 Å². The van der Waals surface area contributed by atoms with E-state index in [1.54, 1.807) is 6.08 Å². The summed E-state index contributed by atoms with van der Waals surface area (Å²) in [5.74, 6) is 1.24. The standard InChI is InChI=1S/C48H57N11O4/c1-4-19-49-45(62)38-26-50-47(55-44(38)54-41-17-12-33-11-10-32(5-2)43(33)53-41)52-34-13-15-35(16-14-34)56-20-22-57(23-21-56)36-24-48(25-36)28-58(29-48)40-8-6-7-37-39(40)27-59(46(37)63)31(3)9-18-42(61)51-30-60/h4,6-8,12-17,26,30-32,36H,1,5,9-11,18-25,27-29H2,2-3H3,(H,49,62)(H,51,60,61)(H2,50,52,53,54,55). The molecule has 63 heavy (non-hydrogen) atoms. The van der Waals surface area contributed by atoms with Gasteiger partial charge in [-0.15, -0.1) is 6.58 Å². The molecule has 9 rings (SSSR count). The molecular weight excluding hydrogens is 795 g/mol. The fourth-order valence-electron chi connectivity index (χ4n) is 10.3. The van der Waals surface area contributed by atoms with Gasteiger partial charge in [0.1, 0.15) is 17.2 Å². The Morgan fingerprint density at radius 1 is 0.984 bits per heavy atom. The fourth-order valence-corrected chi connectivity index (χ4v) is 10.3. The number of amides is 4. The zero-order chi connectivity index (χ0) is 43.7. The molecule has 4 N–H and O–H groups in total. The highest BCUT2D eigenvalue weighted by Gasteiger charge is 2.54. The molecule has 2 atom stereocenters. The summed E-state index contributed by atoms with van der Waals surface area (Å²) in [5.41, 5.74) is 8.09. The van der Waals surface area contributed by atoms with E-state index in [1.165, 1.54) is 30.3 Å². The number of rotatable bonds is 16. The number of aryl methyl sites for hydroxylation is 1. The largest absolute Gasteiger partial charge is 0.370 e. The van der Waals surface area contributed by atoms with Crippen LogP contribution in [0.2, 0.25) is 0 Å². The third kappa shape index (κ3) is 8.58. The van der Waals surface area contributed by atoms with Gasteiger partial charge in [-0.2, -0.15) is 4.98 Å². The Labute approximate surface area is 368 Å². The van der Waals surface area contributed by atoms with Gasteiger partial charge in [0.2, 0.25) is 18.3 Å². The highest BCUT2D eigenvalue weighted by molar-refractivity contribution is 6.01. The molecule has 5 heterocycles. The van der Waals surface area contributed by atoms with E-state index in [0.29, 0.717) is 66.4 Å². The van der Waals surface area contributed by atoms with Crippen molar-refractivity contribution >= 4 is 58.8 Å². The van der Waals surface area contributed by atoms with Crippen molar-refractivity contribution in [3.63, 3.8) is 0 Å². The number of carbonyl (C=O) groups excluding carboxylic acids is 4. The number of anilines is 6. The Morgan fingerprint density at radius 3 is 2.52 bits per heavy atom. The quantitative estimate of drug-likeness (QED) is 0.0780. The Morgan fingerprint density at radius 2 is 1.78 bits per heavy atom. The van der Waals surface area contributed by atoms with Crippen LogP contribution in [0.1, 0.15) is 95.8 Å². The number of carbonyl (C=O) groups is 4. The summed E-state index contributed by atoms with van der Waals surface area (Å²) in [5, 5.41) is 11.7. The molecule has 0 radical (unpaired) electrons. The van der Waals surface area contributed by atoms with E-state index in [9.17, 15) is 19.2 Å². The van der Waals surface area contributed by atoms with Gasteiger partial charge in [0.15, 0.2) is 0 Å². The van der Waals surface area contributed by atoms with E-state index >= 15 is 0 Å². The molecule has 1 saturated carbocycles. The van der Waals surface area contributed by atoms with Crippen molar-refractivity contribution in [2.24, 2.45) is 5.41 Å². The van der Waals surface area contributed by atoms with Crippen molar-refractivity contribution in [3.05, 3.63) is 101 Å². The lowest BCUT2D eigenvalue weighted by molar-refractivity contribution is -0.125. The predicted molar refractivity (Wildman–Crippen MR) is 244 cm³/mol. The van der Waals surface area contributed by atoms with E-state index in [4.69, 9.17) is 9.97 Å². The van der Waals surface area contributed by atoms with Gasteiger partial charge in [0, 0.05) is 122 Å². The number of hydrogen-bond donors (Lipinski definition) is 4. The van der Waals surface area contributed by atoms with Crippen LogP contribution in [0, 0.1) is 5.41 Å². The van der Waals surface area contributed by atoms with Crippen molar-refractivity contribution in [1.29, 1.82) is 0 Å². The minimum absolute atomic E-state index is 0.0145. The lowest BCUT2D eigenvalue weighted by Gasteiger charge is -2.62. The third-order valence-corrected chi connectivity index (χ3v) is 13.9. The first-order valence-electron chi connectivity index (χ1n) is 22.4. The second-order valence-electron chi connectivity index (χ2n) is 17.9. The zero-order valence-electron chi connectivity index (χ0n) is 36.2. The molecule has 2 aromatic heterocycles. The topological polar surface area (TPSA) is 168 Å². The molecule has 2 aliphatic carbocycles. The van der Waals surface area contributed by atoms with Gasteiger partial charge in [0.25, 0.3) is 11.8 Å². The Kier molecular flexibility index (Phi) is 11.9. The average molecular weight is 852 g/mol. The molecule has 15 heteroatoms. The van der Waals surface area contributed by atoms with Crippen LogP contribution < -0.4 is 31.1 Å². The first-order chi connectivity index (χ1) is 30.6. The molecule has 0 bridgehead atoms. The smallest absolute Gasteiger partial charge is 0.256 e. The van der Waals surface area contributed by atoms with Crippen LogP contribution in [-0.2, 0) is 22.6 Å². The van der Waals surface area contributed by atoms with Gasteiger partial charge in [-0.1, -0.05) is 25.1 Å². The SMILES string of the molecule is C=CCNC(=O)c1cnc(Nc2ccc(N3CCN(C4CC5(C4)CN(c4cccc6c4CN(C(C)CCC(=O)NC=O)C6=O)C5)CC3)cc2)nc1Nc1ccc2c(n1)C(CC)CC2. The first kappa shape index (κ1) is 42.0. The van der Waals surface area contributed by atoms with Gasteiger partial charge < -0.3 is 30.7 Å². The summed E-state index contributed by atoms with van der Waals surface area (Å²) in [6.45, 7) is 14.8. The maximum absolute atomic E-state index is 13.4. The summed E-state index contributed by atoms with van der Waals surface area (Å²) in [7, 11) is 0. The number of nitrogens with zero attached hydrogens (tertiary/aromatic N) is 7. The zero-order valence-corrected chi connectivity index (χ0v) is 36.2. The molecule has 15 nitrogen and oxygen atoms in total. The minimum Gasteiger partial charge on any atom is -0.370 e. The molecule has 4 aromatic rings. The van der Waals surface area contributed by atoms with E-state index in [-0.39, 0.29) is 30.2 Å². The van der Waals surface area contributed by atoms with Crippen molar-refractivity contribution in [2.45, 2.75) is 83.3 Å². The van der Waals surface area contributed by atoms with Crippen LogP contribution in [0.15, 0.2) is 73.4 Å². The summed E-state index contributed by atoms with van der Waals surface area (Å²) >= 11 is 0. The van der Waals surface area contributed by atoms with E-state index in [2.05, 4.69) is 78.7 Å². The summed E-state index contributed by atoms with van der Waals surface area (Å²) in [6.07, 6.45) is 9.87. The molecular formula is C48H57N11O4. The number of imide groups is 1. The monoisotopic (exact) mass is 851 g/mol. The Bertz CT molecular complexity index is 2380. The van der Waals surface area contributed by atoms with E-state index < -0.39 is 0 Å². The Balaban J connectivity index is 0.762. The molecule has 2 unspecified atom stereocenters. The number of piperazine rings is 1. The number of nitrogens with one attached hydrogen (secondary N) is 4. The Hall–Kier alpha value is -6.35. The van der Waals surface area contributed by atoms with Gasteiger partial charge in [0.05, 0.1) is 0 Å². The highest BCUT2D eigenvalue weighted by Crippen LogP contribution is 2.52. The van der Waals surface area contributed by atoms with Crippen molar-refractivity contribution in [3.8, 4) is 0 Å². The minimum atomic E-state index is -0.325. The molecule has 3 aliphatic heterocycles. The maximum Gasteiger partial charge on any atom is 0.256 e. The summed E-state index contributed by atoms with van der Waals surface area (Å²) in [4.78, 5) is 72.5. The molecule has 2 saturated heterocycles. The second kappa shape index (κ2) is 17.8. The lowest BCUT2D eigenvalue weighted by atomic mass is 9.60. The lowest BCUT2D eigenvalue weighted by Crippen LogP contribution is -2.68. The normalized spacial score (nSPS) is 19.4.